The maximum absolute atomic E-state index is 4.63. The summed E-state index contributed by atoms with van der Waals surface area (Å²) < 4.78 is 0. The van der Waals surface area contributed by atoms with Gasteiger partial charge in [-0.2, -0.15) is 0 Å². The Morgan fingerprint density at radius 3 is 2.78 bits per heavy atom. The minimum atomic E-state index is 0.747. The van der Waals surface area contributed by atoms with Crippen LogP contribution >= 0.6 is 0 Å². The van der Waals surface area contributed by atoms with Gasteiger partial charge in [0, 0.05) is 19.6 Å². The largest absolute Gasteiger partial charge is 0.370 e. The highest BCUT2D eigenvalue weighted by Crippen LogP contribution is 2.09. The van der Waals surface area contributed by atoms with Crippen LogP contribution in [0, 0.1) is 5.92 Å². The Bertz CT molecular complexity index is 338. The van der Waals surface area contributed by atoms with Gasteiger partial charge in [-0.1, -0.05) is 33.3 Å². The van der Waals surface area contributed by atoms with E-state index in [1.165, 1.54) is 6.42 Å². The molecular weight excluding hydrogens is 222 g/mol. The Labute approximate surface area is 112 Å². The molecule has 18 heavy (non-hydrogen) atoms. The van der Waals surface area contributed by atoms with Crippen molar-refractivity contribution in [1.29, 1.82) is 0 Å². The van der Waals surface area contributed by atoms with Crippen LogP contribution in [0.1, 0.15) is 39.3 Å². The number of hydrogen-bond donors (Lipinski definition) is 1. The Morgan fingerprint density at radius 2 is 2.11 bits per heavy atom. The molecule has 1 unspecified atom stereocenters. The number of hydrogen-bond acceptors (Lipinski definition) is 3. The fraction of sp³-hybridized carbons (Fsp3) is 0.667. The van der Waals surface area contributed by atoms with Crippen LogP contribution in [0.25, 0.3) is 0 Å². The van der Waals surface area contributed by atoms with E-state index in [2.05, 4.69) is 55.2 Å². The first-order valence-electron chi connectivity index (χ1n) is 7.04. The summed E-state index contributed by atoms with van der Waals surface area (Å²) in [5.74, 6) is 1.74. The lowest BCUT2D eigenvalue weighted by atomic mass is 10.1. The van der Waals surface area contributed by atoms with Crippen molar-refractivity contribution in [2.75, 3.05) is 25.5 Å². The third kappa shape index (κ3) is 5.50. The third-order valence-corrected chi connectivity index (χ3v) is 3.12. The summed E-state index contributed by atoms with van der Waals surface area (Å²) in [6.07, 6.45) is 2.36. The summed E-state index contributed by atoms with van der Waals surface area (Å²) in [6.45, 7) is 9.74. The van der Waals surface area contributed by atoms with Gasteiger partial charge in [-0.3, -0.25) is 0 Å². The zero-order valence-corrected chi connectivity index (χ0v) is 12.2. The summed E-state index contributed by atoms with van der Waals surface area (Å²) in [7, 11) is 2.17. The standard InChI is InChI=1S/C15H27N3/c1-5-10-16-15-9-7-8-14(17-15)12-18(4)11-13(3)6-2/h7-9,13H,5-6,10-12H2,1-4H3,(H,16,17). The zero-order chi connectivity index (χ0) is 13.4. The Balaban J connectivity index is 2.50. The topological polar surface area (TPSA) is 28.2 Å². The SMILES string of the molecule is CCCNc1cccc(CN(C)CC(C)CC)n1. The van der Waals surface area contributed by atoms with Gasteiger partial charge in [-0.25, -0.2) is 4.98 Å². The molecule has 0 saturated heterocycles. The molecule has 0 aliphatic carbocycles. The molecule has 0 spiro atoms. The van der Waals surface area contributed by atoms with Gasteiger partial charge >= 0.3 is 0 Å². The van der Waals surface area contributed by atoms with Crippen molar-refractivity contribution < 1.29 is 0 Å². The van der Waals surface area contributed by atoms with E-state index in [1.54, 1.807) is 0 Å². The summed E-state index contributed by atoms with van der Waals surface area (Å²) in [4.78, 5) is 6.98. The molecule has 102 valence electrons. The second-order valence-corrected chi connectivity index (χ2v) is 5.15. The number of pyridine rings is 1. The van der Waals surface area contributed by atoms with E-state index in [9.17, 15) is 0 Å². The molecule has 0 aliphatic rings. The number of nitrogens with one attached hydrogen (secondary N) is 1. The smallest absolute Gasteiger partial charge is 0.126 e. The lowest BCUT2D eigenvalue weighted by molar-refractivity contribution is 0.272. The van der Waals surface area contributed by atoms with Gasteiger partial charge in [0.1, 0.15) is 5.82 Å². The molecule has 0 aromatic carbocycles. The van der Waals surface area contributed by atoms with Crippen molar-refractivity contribution in [1.82, 2.24) is 9.88 Å². The minimum absolute atomic E-state index is 0.747. The van der Waals surface area contributed by atoms with Gasteiger partial charge in [-0.15, -0.1) is 0 Å². The molecule has 0 saturated carbocycles. The van der Waals surface area contributed by atoms with Crippen molar-refractivity contribution in [3.8, 4) is 0 Å². The first-order chi connectivity index (χ1) is 8.65. The predicted molar refractivity (Wildman–Crippen MR) is 78.8 cm³/mol. The Hall–Kier alpha value is -1.09. The second-order valence-electron chi connectivity index (χ2n) is 5.15. The number of rotatable bonds is 8. The van der Waals surface area contributed by atoms with Crippen molar-refractivity contribution in [2.24, 2.45) is 5.92 Å². The Morgan fingerprint density at radius 1 is 1.33 bits per heavy atom. The molecule has 0 bridgehead atoms. The van der Waals surface area contributed by atoms with Crippen LogP contribution in [-0.4, -0.2) is 30.0 Å². The van der Waals surface area contributed by atoms with Crippen molar-refractivity contribution in [3.63, 3.8) is 0 Å². The van der Waals surface area contributed by atoms with E-state index >= 15 is 0 Å². The highest BCUT2D eigenvalue weighted by molar-refractivity contribution is 5.35. The molecule has 1 heterocycles. The van der Waals surface area contributed by atoms with Crippen LogP contribution in [0.4, 0.5) is 5.82 Å². The molecule has 1 atom stereocenters. The van der Waals surface area contributed by atoms with Crippen molar-refractivity contribution >= 4 is 5.82 Å². The summed E-state index contributed by atoms with van der Waals surface area (Å²) >= 11 is 0. The van der Waals surface area contributed by atoms with Gasteiger partial charge in [0.25, 0.3) is 0 Å². The average molecular weight is 249 g/mol. The molecule has 3 nitrogen and oxygen atoms in total. The van der Waals surface area contributed by atoms with Crippen molar-refractivity contribution in [2.45, 2.75) is 40.2 Å². The monoisotopic (exact) mass is 249 g/mol. The summed E-state index contributed by atoms with van der Waals surface area (Å²) in [5.41, 5.74) is 1.14. The normalized spacial score (nSPS) is 12.7. The number of nitrogens with zero attached hydrogens (tertiary/aromatic N) is 2. The highest BCUT2D eigenvalue weighted by atomic mass is 15.1. The van der Waals surface area contributed by atoms with E-state index in [4.69, 9.17) is 0 Å². The lowest BCUT2D eigenvalue weighted by Crippen LogP contribution is -2.24. The molecule has 0 aliphatic heterocycles. The summed E-state index contributed by atoms with van der Waals surface area (Å²) in [5, 5.41) is 3.33. The lowest BCUT2D eigenvalue weighted by Gasteiger charge is -2.20. The third-order valence-electron chi connectivity index (χ3n) is 3.12. The first kappa shape index (κ1) is 15.0. The van der Waals surface area contributed by atoms with Gasteiger partial charge in [-0.05, 0) is 31.5 Å². The van der Waals surface area contributed by atoms with Gasteiger partial charge in [0.2, 0.25) is 0 Å². The van der Waals surface area contributed by atoms with E-state index in [-0.39, 0.29) is 0 Å². The van der Waals surface area contributed by atoms with Crippen LogP contribution in [0.5, 0.6) is 0 Å². The van der Waals surface area contributed by atoms with E-state index in [0.29, 0.717) is 0 Å². The summed E-state index contributed by atoms with van der Waals surface area (Å²) in [6, 6.07) is 6.22. The van der Waals surface area contributed by atoms with Crippen LogP contribution < -0.4 is 5.32 Å². The van der Waals surface area contributed by atoms with Gasteiger partial charge < -0.3 is 10.2 Å². The molecule has 0 amide bonds. The van der Waals surface area contributed by atoms with Crippen LogP contribution in [-0.2, 0) is 6.54 Å². The van der Waals surface area contributed by atoms with Gasteiger partial charge in [0.15, 0.2) is 0 Å². The van der Waals surface area contributed by atoms with Crippen LogP contribution in [0.2, 0.25) is 0 Å². The maximum atomic E-state index is 4.63. The average Bonchev–Trinajstić information content (AvgIpc) is 2.36. The molecule has 1 aromatic heterocycles. The van der Waals surface area contributed by atoms with E-state index in [0.717, 1.165) is 43.5 Å². The maximum Gasteiger partial charge on any atom is 0.126 e. The van der Waals surface area contributed by atoms with Gasteiger partial charge in [0.05, 0.1) is 5.69 Å². The number of aromatic nitrogens is 1. The zero-order valence-electron chi connectivity index (χ0n) is 12.2. The molecule has 3 heteroatoms. The number of anilines is 1. The fourth-order valence-corrected chi connectivity index (χ4v) is 1.92. The Kier molecular flexibility index (Phi) is 6.73. The second kappa shape index (κ2) is 8.09. The van der Waals surface area contributed by atoms with Crippen LogP contribution in [0.3, 0.4) is 0 Å². The first-order valence-corrected chi connectivity index (χ1v) is 7.04. The van der Waals surface area contributed by atoms with Crippen LogP contribution in [0.15, 0.2) is 18.2 Å². The van der Waals surface area contributed by atoms with E-state index in [1.807, 2.05) is 6.07 Å². The molecule has 0 fully saturated rings. The molecule has 0 radical (unpaired) electrons. The molecule has 1 aromatic rings. The quantitative estimate of drug-likeness (QED) is 0.765. The minimum Gasteiger partial charge on any atom is -0.370 e. The molecule has 1 rings (SSSR count). The molecular formula is C15H27N3. The fourth-order valence-electron chi connectivity index (χ4n) is 1.92. The predicted octanol–water partition coefficient (Wildman–Crippen LogP) is 3.38. The van der Waals surface area contributed by atoms with Crippen molar-refractivity contribution in [3.05, 3.63) is 23.9 Å². The molecule has 1 N–H and O–H groups in total. The van der Waals surface area contributed by atoms with E-state index < -0.39 is 0 Å². The highest BCUT2D eigenvalue weighted by Gasteiger charge is 2.06.